The fourth-order valence-corrected chi connectivity index (χ4v) is 2.13. The van der Waals surface area contributed by atoms with E-state index in [9.17, 15) is 0 Å². The van der Waals surface area contributed by atoms with Crippen LogP contribution in [0, 0.1) is 0 Å². The van der Waals surface area contributed by atoms with Crippen molar-refractivity contribution in [2.24, 2.45) is 4.99 Å². The lowest BCUT2D eigenvalue weighted by Gasteiger charge is -2.12. The molecule has 0 amide bonds. The Morgan fingerprint density at radius 3 is 2.81 bits per heavy atom. The van der Waals surface area contributed by atoms with Gasteiger partial charge in [0.05, 0.1) is 13.2 Å². The van der Waals surface area contributed by atoms with E-state index in [-0.39, 0.29) is 0 Å². The van der Waals surface area contributed by atoms with Crippen molar-refractivity contribution < 1.29 is 9.47 Å². The summed E-state index contributed by atoms with van der Waals surface area (Å²) in [6, 6.07) is 8.20. The summed E-state index contributed by atoms with van der Waals surface area (Å²) >= 11 is 3.47. The zero-order chi connectivity index (χ0) is 15.3. The van der Waals surface area contributed by atoms with E-state index in [1.165, 1.54) is 5.56 Å². The van der Waals surface area contributed by atoms with Crippen molar-refractivity contribution in [1.82, 2.24) is 10.6 Å². The summed E-state index contributed by atoms with van der Waals surface area (Å²) in [6.45, 7) is 3.57. The second-order valence-electron chi connectivity index (χ2n) is 4.44. The van der Waals surface area contributed by atoms with Gasteiger partial charge in [-0.05, 0) is 24.1 Å². The number of halogens is 1. The smallest absolute Gasteiger partial charge is 0.191 e. The average molecular weight is 358 g/mol. The summed E-state index contributed by atoms with van der Waals surface area (Å²) in [5.74, 6) is 0.798. The predicted octanol–water partition coefficient (Wildman–Crippen LogP) is 2.17. The van der Waals surface area contributed by atoms with Crippen LogP contribution in [-0.4, -0.2) is 46.5 Å². The summed E-state index contributed by atoms with van der Waals surface area (Å²) in [5.41, 5.74) is 1.20. The third-order valence-electron chi connectivity index (χ3n) is 2.76. The molecule has 0 aromatic heterocycles. The molecule has 6 heteroatoms. The molecule has 1 aromatic rings. The van der Waals surface area contributed by atoms with Gasteiger partial charge in [0, 0.05) is 38.3 Å². The Labute approximate surface area is 135 Å². The minimum atomic E-state index is 0.642. The number of nitrogens with one attached hydrogen (secondary N) is 2. The minimum Gasteiger partial charge on any atom is -0.382 e. The van der Waals surface area contributed by atoms with E-state index in [4.69, 9.17) is 9.47 Å². The first kappa shape index (κ1) is 17.9. The van der Waals surface area contributed by atoms with Gasteiger partial charge in [-0.15, -0.1) is 0 Å². The van der Waals surface area contributed by atoms with Gasteiger partial charge in [0.15, 0.2) is 5.96 Å². The predicted molar refractivity (Wildman–Crippen MR) is 89.7 cm³/mol. The molecule has 0 aliphatic heterocycles. The van der Waals surface area contributed by atoms with Crippen LogP contribution >= 0.6 is 15.9 Å². The number of benzene rings is 1. The van der Waals surface area contributed by atoms with E-state index in [0.29, 0.717) is 13.2 Å². The van der Waals surface area contributed by atoms with Crippen molar-refractivity contribution in [1.29, 1.82) is 0 Å². The lowest BCUT2D eigenvalue weighted by molar-refractivity contribution is 0.0698. The molecular weight excluding hydrogens is 334 g/mol. The van der Waals surface area contributed by atoms with E-state index < -0.39 is 0 Å². The van der Waals surface area contributed by atoms with Crippen LogP contribution in [0.15, 0.2) is 33.7 Å². The van der Waals surface area contributed by atoms with Gasteiger partial charge in [0.25, 0.3) is 0 Å². The molecule has 21 heavy (non-hydrogen) atoms. The van der Waals surface area contributed by atoms with Crippen LogP contribution in [0.25, 0.3) is 0 Å². The Morgan fingerprint density at radius 2 is 2.10 bits per heavy atom. The van der Waals surface area contributed by atoms with Gasteiger partial charge in [0.1, 0.15) is 0 Å². The third-order valence-corrected chi connectivity index (χ3v) is 3.26. The van der Waals surface area contributed by atoms with Crippen molar-refractivity contribution in [2.45, 2.75) is 13.0 Å². The minimum absolute atomic E-state index is 0.642. The maximum atomic E-state index is 5.40. The highest BCUT2D eigenvalue weighted by Gasteiger charge is 1.98. The Morgan fingerprint density at radius 1 is 1.24 bits per heavy atom. The Balaban J connectivity index is 2.15. The van der Waals surface area contributed by atoms with Crippen LogP contribution in [-0.2, 0) is 16.0 Å². The lowest BCUT2D eigenvalue weighted by atomic mass is 10.2. The number of rotatable bonds is 9. The first-order chi connectivity index (χ1) is 10.3. The maximum Gasteiger partial charge on any atom is 0.191 e. The van der Waals surface area contributed by atoms with Gasteiger partial charge in [0.2, 0.25) is 0 Å². The second-order valence-corrected chi connectivity index (χ2v) is 5.36. The lowest BCUT2D eigenvalue weighted by Crippen LogP contribution is -2.37. The van der Waals surface area contributed by atoms with Crippen molar-refractivity contribution in [2.75, 3.05) is 40.5 Å². The number of ether oxygens (including phenoxy) is 2. The normalized spacial score (nSPS) is 11.5. The molecule has 1 rings (SSSR count). The highest BCUT2D eigenvalue weighted by molar-refractivity contribution is 9.10. The highest BCUT2D eigenvalue weighted by Crippen LogP contribution is 2.11. The Kier molecular flexibility index (Phi) is 9.86. The molecule has 0 saturated carbocycles. The highest BCUT2D eigenvalue weighted by atomic mass is 79.9. The Hall–Kier alpha value is -1.11. The summed E-state index contributed by atoms with van der Waals surface area (Å²) in [5, 5.41) is 6.54. The number of guanidine groups is 1. The van der Waals surface area contributed by atoms with E-state index >= 15 is 0 Å². The summed E-state index contributed by atoms with van der Waals surface area (Å²) in [4.78, 5) is 4.19. The number of hydrogen-bond donors (Lipinski definition) is 2. The zero-order valence-corrected chi connectivity index (χ0v) is 14.3. The quantitative estimate of drug-likeness (QED) is 0.404. The topological polar surface area (TPSA) is 54.9 Å². The van der Waals surface area contributed by atoms with Gasteiger partial charge in [-0.2, -0.15) is 0 Å². The molecule has 0 aliphatic carbocycles. The molecule has 0 heterocycles. The van der Waals surface area contributed by atoms with Gasteiger partial charge >= 0.3 is 0 Å². The van der Waals surface area contributed by atoms with Crippen LogP contribution < -0.4 is 10.6 Å². The van der Waals surface area contributed by atoms with Gasteiger partial charge in [-0.3, -0.25) is 4.99 Å². The van der Waals surface area contributed by atoms with Crippen LogP contribution in [0.2, 0.25) is 0 Å². The van der Waals surface area contributed by atoms with E-state index in [2.05, 4.69) is 43.7 Å². The molecule has 0 saturated heterocycles. The molecule has 0 fully saturated rings. The number of aliphatic imine (C=N–C) groups is 1. The summed E-state index contributed by atoms with van der Waals surface area (Å²) in [6.07, 6.45) is 0.932. The standard InChI is InChI=1S/C15H24BrN3O2/c1-17-15(18-7-4-8-21-10-9-20-2)19-12-13-5-3-6-14(16)11-13/h3,5-6,11H,4,7-10,12H2,1-2H3,(H2,17,18,19). The fraction of sp³-hybridized carbons (Fsp3) is 0.533. The molecule has 0 atom stereocenters. The molecule has 0 bridgehead atoms. The monoisotopic (exact) mass is 357 g/mol. The SMILES string of the molecule is CN=C(NCCCOCCOC)NCc1cccc(Br)c1. The van der Waals surface area contributed by atoms with Crippen molar-refractivity contribution in [3.05, 3.63) is 34.3 Å². The largest absolute Gasteiger partial charge is 0.382 e. The maximum absolute atomic E-state index is 5.40. The Bertz CT molecular complexity index is 427. The molecule has 0 radical (unpaired) electrons. The molecule has 0 aliphatic rings. The van der Waals surface area contributed by atoms with Gasteiger partial charge in [-0.1, -0.05) is 28.1 Å². The van der Waals surface area contributed by atoms with Gasteiger partial charge < -0.3 is 20.1 Å². The summed E-state index contributed by atoms with van der Waals surface area (Å²) < 4.78 is 11.4. The molecule has 0 unspecified atom stereocenters. The summed E-state index contributed by atoms with van der Waals surface area (Å²) in [7, 11) is 3.44. The first-order valence-electron chi connectivity index (χ1n) is 7.02. The number of nitrogens with zero attached hydrogens (tertiary/aromatic N) is 1. The van der Waals surface area contributed by atoms with E-state index in [1.54, 1.807) is 14.2 Å². The van der Waals surface area contributed by atoms with Crippen LogP contribution in [0.5, 0.6) is 0 Å². The molecule has 5 nitrogen and oxygen atoms in total. The second kappa shape index (κ2) is 11.5. The molecule has 0 spiro atoms. The fourth-order valence-electron chi connectivity index (χ4n) is 1.68. The first-order valence-corrected chi connectivity index (χ1v) is 7.81. The van der Waals surface area contributed by atoms with Gasteiger partial charge in [-0.25, -0.2) is 0 Å². The molecular formula is C15H24BrN3O2. The van der Waals surface area contributed by atoms with Crippen LogP contribution in [0.1, 0.15) is 12.0 Å². The van der Waals surface area contributed by atoms with E-state index in [0.717, 1.165) is 36.5 Å². The number of methoxy groups -OCH3 is 1. The molecule has 118 valence electrons. The van der Waals surface area contributed by atoms with Crippen molar-refractivity contribution in [3.8, 4) is 0 Å². The molecule has 2 N–H and O–H groups in total. The third kappa shape index (κ3) is 8.70. The van der Waals surface area contributed by atoms with Crippen LogP contribution in [0.4, 0.5) is 0 Å². The number of hydrogen-bond acceptors (Lipinski definition) is 3. The van der Waals surface area contributed by atoms with Crippen LogP contribution in [0.3, 0.4) is 0 Å². The van der Waals surface area contributed by atoms with Crippen molar-refractivity contribution in [3.63, 3.8) is 0 Å². The van der Waals surface area contributed by atoms with Crippen molar-refractivity contribution >= 4 is 21.9 Å². The average Bonchev–Trinajstić information content (AvgIpc) is 2.49. The zero-order valence-electron chi connectivity index (χ0n) is 12.7. The molecule has 1 aromatic carbocycles. The van der Waals surface area contributed by atoms with E-state index in [1.807, 2.05) is 12.1 Å².